The molecule has 0 saturated heterocycles. The number of fused-ring (bicyclic) bond motifs is 1. The molecule has 4 rings (SSSR count). The molecule has 0 bridgehead atoms. The lowest BCUT2D eigenvalue weighted by atomic mass is 10.1. The molecule has 9 heteroatoms. The van der Waals surface area contributed by atoms with Crippen LogP contribution < -0.4 is 10.2 Å². The molecule has 4 aromatic rings. The maximum absolute atomic E-state index is 12.1. The Hall–Kier alpha value is -4.01. The van der Waals surface area contributed by atoms with Gasteiger partial charge < -0.3 is 9.84 Å². The van der Waals surface area contributed by atoms with Gasteiger partial charge in [-0.3, -0.25) is 9.48 Å². The molecule has 3 aromatic heterocycles. The Balaban J connectivity index is 1.67. The Morgan fingerprint density at radius 3 is 2.82 bits per heavy atom. The van der Waals surface area contributed by atoms with Gasteiger partial charge in [-0.05, 0) is 12.1 Å². The number of rotatable bonds is 5. The number of aryl methyl sites for hydroxylation is 1. The van der Waals surface area contributed by atoms with E-state index >= 15 is 0 Å². The molecule has 0 fully saturated rings. The van der Waals surface area contributed by atoms with Crippen LogP contribution in [0.3, 0.4) is 0 Å². The number of nitrogens with zero attached hydrogens (tertiary/aromatic N) is 5. The highest BCUT2D eigenvalue weighted by Crippen LogP contribution is 2.23. The fourth-order valence-electron chi connectivity index (χ4n) is 2.72. The lowest BCUT2D eigenvalue weighted by Crippen LogP contribution is -2.18. The van der Waals surface area contributed by atoms with Gasteiger partial charge in [0.25, 0.3) is 0 Å². The third-order valence-electron chi connectivity index (χ3n) is 4.10. The average Bonchev–Trinajstić information content (AvgIpc) is 3.13. The summed E-state index contributed by atoms with van der Waals surface area (Å²) >= 11 is 0. The molecule has 3 heterocycles. The van der Waals surface area contributed by atoms with Crippen molar-refractivity contribution in [2.75, 3.05) is 0 Å². The Morgan fingerprint density at radius 1 is 1.25 bits per heavy atom. The Labute approximate surface area is 158 Å². The van der Waals surface area contributed by atoms with Crippen LogP contribution in [0.15, 0.2) is 59.8 Å². The highest BCUT2D eigenvalue weighted by molar-refractivity contribution is 5.95. The van der Waals surface area contributed by atoms with E-state index in [-0.39, 0.29) is 29.2 Å². The predicted molar refractivity (Wildman–Crippen MR) is 99.6 cm³/mol. The molecule has 0 amide bonds. The van der Waals surface area contributed by atoms with E-state index in [0.29, 0.717) is 16.6 Å². The monoisotopic (exact) mass is 377 g/mol. The SMILES string of the molecule is Cn1cc(-n2ccc(=O)c(COc3nc4ccccc4cc3C(=O)O)n2)cn1. The number of aromatic nitrogens is 5. The first-order chi connectivity index (χ1) is 13.5. The van der Waals surface area contributed by atoms with Crippen LogP contribution in [-0.4, -0.2) is 35.6 Å². The summed E-state index contributed by atoms with van der Waals surface area (Å²) in [5.41, 5.74) is 0.993. The third-order valence-corrected chi connectivity index (χ3v) is 4.10. The van der Waals surface area contributed by atoms with Gasteiger partial charge >= 0.3 is 5.97 Å². The van der Waals surface area contributed by atoms with Crippen LogP contribution in [0.4, 0.5) is 0 Å². The van der Waals surface area contributed by atoms with E-state index in [1.165, 1.54) is 23.0 Å². The summed E-state index contributed by atoms with van der Waals surface area (Å²) in [6.45, 7) is -0.217. The molecular formula is C19H15N5O4. The average molecular weight is 377 g/mol. The van der Waals surface area contributed by atoms with Crippen molar-refractivity contribution >= 4 is 16.9 Å². The van der Waals surface area contributed by atoms with Gasteiger partial charge in [0.05, 0.1) is 17.9 Å². The molecule has 0 spiro atoms. The number of aromatic carboxylic acids is 1. The van der Waals surface area contributed by atoms with Crippen LogP contribution in [0, 0.1) is 0 Å². The lowest BCUT2D eigenvalue weighted by molar-refractivity contribution is 0.0691. The molecule has 0 saturated carbocycles. The molecule has 0 unspecified atom stereocenters. The second kappa shape index (κ2) is 6.95. The van der Waals surface area contributed by atoms with Crippen LogP contribution in [0.2, 0.25) is 0 Å². The summed E-state index contributed by atoms with van der Waals surface area (Å²) < 4.78 is 8.69. The Bertz CT molecular complexity index is 1240. The van der Waals surface area contributed by atoms with E-state index in [2.05, 4.69) is 15.2 Å². The summed E-state index contributed by atoms with van der Waals surface area (Å²) in [5.74, 6) is -1.23. The molecule has 9 nitrogen and oxygen atoms in total. The van der Waals surface area contributed by atoms with E-state index in [9.17, 15) is 14.7 Å². The van der Waals surface area contributed by atoms with E-state index in [1.807, 2.05) is 0 Å². The Kier molecular flexibility index (Phi) is 4.32. The zero-order valence-corrected chi connectivity index (χ0v) is 14.8. The van der Waals surface area contributed by atoms with Gasteiger partial charge in [-0.15, -0.1) is 0 Å². The summed E-state index contributed by atoms with van der Waals surface area (Å²) in [4.78, 5) is 28.0. The third kappa shape index (κ3) is 3.32. The minimum absolute atomic E-state index is 0.0656. The topological polar surface area (TPSA) is 112 Å². The van der Waals surface area contributed by atoms with Crippen LogP contribution in [0.25, 0.3) is 16.6 Å². The predicted octanol–water partition coefficient (Wildman–Crippen LogP) is 1.79. The summed E-state index contributed by atoms with van der Waals surface area (Å²) in [7, 11) is 1.77. The summed E-state index contributed by atoms with van der Waals surface area (Å²) in [5, 5.41) is 18.5. The van der Waals surface area contributed by atoms with Crippen LogP contribution in [-0.2, 0) is 13.7 Å². The molecular weight excluding hydrogens is 362 g/mol. The smallest absolute Gasteiger partial charge is 0.341 e. The minimum Gasteiger partial charge on any atom is -0.477 e. The minimum atomic E-state index is -1.16. The number of hydrogen-bond acceptors (Lipinski definition) is 6. The second-order valence-corrected chi connectivity index (χ2v) is 6.07. The zero-order valence-electron chi connectivity index (χ0n) is 14.8. The van der Waals surface area contributed by atoms with Crippen molar-refractivity contribution in [2.45, 2.75) is 6.61 Å². The quantitative estimate of drug-likeness (QED) is 0.564. The number of hydrogen-bond donors (Lipinski definition) is 1. The molecule has 0 aliphatic rings. The van der Waals surface area contributed by atoms with Gasteiger partial charge in [0.15, 0.2) is 0 Å². The largest absolute Gasteiger partial charge is 0.477 e. The van der Waals surface area contributed by atoms with Gasteiger partial charge in [0, 0.05) is 24.7 Å². The normalized spacial score (nSPS) is 10.9. The number of carboxylic acids is 1. The van der Waals surface area contributed by atoms with Crippen molar-refractivity contribution in [3.63, 3.8) is 0 Å². The van der Waals surface area contributed by atoms with Gasteiger partial charge in [-0.1, -0.05) is 18.2 Å². The summed E-state index contributed by atoms with van der Waals surface area (Å²) in [6.07, 6.45) is 4.88. The molecule has 140 valence electrons. The highest BCUT2D eigenvalue weighted by Gasteiger charge is 2.16. The van der Waals surface area contributed by atoms with Gasteiger partial charge in [0.2, 0.25) is 11.3 Å². The van der Waals surface area contributed by atoms with Crippen molar-refractivity contribution < 1.29 is 14.6 Å². The maximum Gasteiger partial charge on any atom is 0.341 e. The molecule has 0 atom stereocenters. The number of carbonyl (C=O) groups is 1. The first-order valence-electron chi connectivity index (χ1n) is 8.35. The van der Waals surface area contributed by atoms with Gasteiger partial charge in [0.1, 0.15) is 23.6 Å². The number of carboxylic acid groups (broad SMARTS) is 1. The van der Waals surface area contributed by atoms with Crippen LogP contribution in [0.1, 0.15) is 16.1 Å². The van der Waals surface area contributed by atoms with Crippen molar-refractivity contribution in [1.82, 2.24) is 24.5 Å². The van der Waals surface area contributed by atoms with E-state index in [0.717, 1.165) is 0 Å². The van der Waals surface area contributed by atoms with E-state index < -0.39 is 5.97 Å². The molecule has 0 aliphatic carbocycles. The van der Waals surface area contributed by atoms with Crippen molar-refractivity contribution in [3.8, 4) is 11.6 Å². The lowest BCUT2D eigenvalue weighted by Gasteiger charge is -2.10. The van der Waals surface area contributed by atoms with E-state index in [4.69, 9.17) is 4.74 Å². The molecule has 0 radical (unpaired) electrons. The number of pyridine rings is 1. The van der Waals surface area contributed by atoms with Gasteiger partial charge in [-0.2, -0.15) is 10.2 Å². The van der Waals surface area contributed by atoms with Gasteiger partial charge in [-0.25, -0.2) is 14.5 Å². The molecule has 28 heavy (non-hydrogen) atoms. The van der Waals surface area contributed by atoms with Crippen molar-refractivity contribution in [1.29, 1.82) is 0 Å². The first-order valence-corrected chi connectivity index (χ1v) is 8.35. The zero-order chi connectivity index (χ0) is 19.7. The fraction of sp³-hybridized carbons (Fsp3) is 0.105. The van der Waals surface area contributed by atoms with Crippen LogP contribution >= 0.6 is 0 Å². The van der Waals surface area contributed by atoms with Crippen molar-refractivity contribution in [2.24, 2.45) is 7.05 Å². The number of ether oxygens (including phenoxy) is 1. The first kappa shape index (κ1) is 17.4. The standard InChI is InChI=1S/C19H15N5O4/c1-23-10-13(9-20-23)24-7-6-17(25)16(22-24)11-28-18-14(19(26)27)8-12-4-2-3-5-15(12)21-18/h2-10H,11H2,1H3,(H,26,27). The fourth-order valence-corrected chi connectivity index (χ4v) is 2.72. The summed E-state index contributed by atoms with van der Waals surface area (Å²) in [6, 6.07) is 9.97. The van der Waals surface area contributed by atoms with E-state index in [1.54, 1.807) is 48.4 Å². The number of para-hydroxylation sites is 1. The van der Waals surface area contributed by atoms with Crippen molar-refractivity contribution in [3.05, 3.63) is 76.5 Å². The second-order valence-electron chi connectivity index (χ2n) is 6.07. The highest BCUT2D eigenvalue weighted by atomic mass is 16.5. The molecule has 1 N–H and O–H groups in total. The number of benzene rings is 1. The maximum atomic E-state index is 12.1. The Morgan fingerprint density at radius 2 is 2.07 bits per heavy atom. The van der Waals surface area contributed by atoms with Crippen LogP contribution in [0.5, 0.6) is 5.88 Å². The molecule has 1 aromatic carbocycles. The molecule has 0 aliphatic heterocycles.